The van der Waals surface area contributed by atoms with Gasteiger partial charge in [0.05, 0.1) is 26.9 Å². The summed E-state index contributed by atoms with van der Waals surface area (Å²) in [5, 5.41) is 18.0. The molecule has 0 atom stereocenters. The van der Waals surface area contributed by atoms with E-state index in [4.69, 9.17) is 19.7 Å². The lowest BCUT2D eigenvalue weighted by Crippen LogP contribution is -2.30. The average molecular weight is 388 g/mol. The van der Waals surface area contributed by atoms with Gasteiger partial charge in [-0.15, -0.1) is 0 Å². The molecule has 0 heterocycles. The molecule has 0 bridgehead atoms. The molecule has 0 fully saturated rings. The second-order valence-corrected chi connectivity index (χ2v) is 6.80. The highest BCUT2D eigenvalue weighted by atomic mass is 16.5. The van der Waals surface area contributed by atoms with Crippen LogP contribution in [0, 0.1) is 0 Å². The van der Waals surface area contributed by atoms with Gasteiger partial charge in [-0.25, -0.2) is 0 Å². The molecule has 2 N–H and O–H groups in total. The van der Waals surface area contributed by atoms with Crippen LogP contribution in [-0.4, -0.2) is 61.7 Å². The monoisotopic (exact) mass is 387 g/mol. The number of hydrogen-bond donors (Lipinski definition) is 2. The van der Waals surface area contributed by atoms with Gasteiger partial charge in [0.2, 0.25) is 0 Å². The standard InChI is InChI=1S/C23H33NO4/c1-27-22-10-6-20(7-11-22)21-8-12-23(13-9-21)28-19-5-3-2-4-14-24(15-17-25)16-18-26/h6-13,25-26H,2-5,14-19H2,1H3. The van der Waals surface area contributed by atoms with Gasteiger partial charge in [-0.2, -0.15) is 0 Å². The predicted molar refractivity (Wildman–Crippen MR) is 113 cm³/mol. The van der Waals surface area contributed by atoms with E-state index < -0.39 is 0 Å². The SMILES string of the molecule is COc1ccc(-c2ccc(OCCCCCCN(CCO)CCO)cc2)cc1. The molecule has 0 saturated carbocycles. The first-order valence-corrected chi connectivity index (χ1v) is 10.1. The van der Waals surface area contributed by atoms with Crippen molar-refractivity contribution in [2.45, 2.75) is 25.7 Å². The number of hydrogen-bond acceptors (Lipinski definition) is 5. The van der Waals surface area contributed by atoms with E-state index in [2.05, 4.69) is 29.2 Å². The van der Waals surface area contributed by atoms with Crippen LogP contribution in [0.15, 0.2) is 48.5 Å². The van der Waals surface area contributed by atoms with E-state index in [0.29, 0.717) is 13.1 Å². The fourth-order valence-electron chi connectivity index (χ4n) is 3.13. The van der Waals surface area contributed by atoms with Crippen LogP contribution in [0.25, 0.3) is 11.1 Å². The minimum absolute atomic E-state index is 0.144. The Morgan fingerprint density at radius 3 is 1.75 bits per heavy atom. The maximum absolute atomic E-state index is 9.00. The second kappa shape index (κ2) is 13.2. The molecule has 0 aliphatic rings. The van der Waals surface area contributed by atoms with Crippen molar-refractivity contribution in [2.75, 3.05) is 46.6 Å². The van der Waals surface area contributed by atoms with Gasteiger partial charge < -0.3 is 19.7 Å². The molecule has 0 aliphatic carbocycles. The van der Waals surface area contributed by atoms with Crippen molar-refractivity contribution < 1.29 is 19.7 Å². The van der Waals surface area contributed by atoms with Gasteiger partial charge in [-0.3, -0.25) is 4.90 Å². The molecule has 0 amide bonds. The molecule has 0 spiro atoms. The van der Waals surface area contributed by atoms with Gasteiger partial charge in [0.25, 0.3) is 0 Å². The first kappa shape index (κ1) is 22.2. The van der Waals surface area contributed by atoms with Crippen LogP contribution in [0.2, 0.25) is 0 Å². The molecule has 5 heteroatoms. The van der Waals surface area contributed by atoms with Crippen molar-refractivity contribution in [1.82, 2.24) is 4.90 Å². The Morgan fingerprint density at radius 1 is 0.679 bits per heavy atom. The zero-order chi connectivity index (χ0) is 20.0. The maximum atomic E-state index is 9.00. The highest BCUT2D eigenvalue weighted by molar-refractivity contribution is 5.64. The summed E-state index contributed by atoms with van der Waals surface area (Å²) in [5.74, 6) is 1.76. The fourth-order valence-corrected chi connectivity index (χ4v) is 3.13. The molecule has 0 unspecified atom stereocenters. The van der Waals surface area contributed by atoms with Gasteiger partial charge >= 0.3 is 0 Å². The minimum Gasteiger partial charge on any atom is -0.497 e. The molecule has 2 rings (SSSR count). The summed E-state index contributed by atoms with van der Waals surface area (Å²) in [6.45, 7) is 3.20. The zero-order valence-electron chi connectivity index (χ0n) is 16.8. The number of aliphatic hydroxyl groups excluding tert-OH is 2. The molecule has 0 saturated heterocycles. The number of methoxy groups -OCH3 is 1. The molecule has 2 aromatic rings. The van der Waals surface area contributed by atoms with Gasteiger partial charge in [0, 0.05) is 13.1 Å². The summed E-state index contributed by atoms with van der Waals surface area (Å²) in [7, 11) is 1.67. The number of rotatable bonds is 14. The Morgan fingerprint density at radius 2 is 1.21 bits per heavy atom. The van der Waals surface area contributed by atoms with E-state index in [1.807, 2.05) is 24.3 Å². The Kier molecular flexibility index (Phi) is 10.4. The Bertz CT molecular complexity index is 637. The van der Waals surface area contributed by atoms with Gasteiger partial charge in [-0.05, 0) is 54.8 Å². The average Bonchev–Trinajstić information content (AvgIpc) is 2.74. The second-order valence-electron chi connectivity index (χ2n) is 6.80. The molecular formula is C23H33NO4. The highest BCUT2D eigenvalue weighted by Gasteiger charge is 2.03. The van der Waals surface area contributed by atoms with Crippen LogP contribution >= 0.6 is 0 Å². The Hall–Kier alpha value is -2.08. The molecular weight excluding hydrogens is 354 g/mol. The summed E-state index contributed by atoms with van der Waals surface area (Å²) in [6, 6.07) is 16.2. The van der Waals surface area contributed by atoms with Gasteiger partial charge in [-0.1, -0.05) is 37.1 Å². The van der Waals surface area contributed by atoms with E-state index in [1.165, 1.54) is 0 Å². The van der Waals surface area contributed by atoms with Crippen LogP contribution < -0.4 is 9.47 Å². The lowest BCUT2D eigenvalue weighted by atomic mass is 10.1. The third-order valence-corrected chi connectivity index (χ3v) is 4.75. The van der Waals surface area contributed by atoms with Crippen molar-refractivity contribution in [3.05, 3.63) is 48.5 Å². The number of benzene rings is 2. The molecule has 0 aromatic heterocycles. The van der Waals surface area contributed by atoms with Crippen LogP contribution in [0.4, 0.5) is 0 Å². The normalized spacial score (nSPS) is 11.0. The summed E-state index contributed by atoms with van der Waals surface area (Å²) < 4.78 is 11.0. The van der Waals surface area contributed by atoms with Gasteiger partial charge in [0.1, 0.15) is 11.5 Å². The molecule has 154 valence electrons. The van der Waals surface area contributed by atoms with Crippen LogP contribution in [0.3, 0.4) is 0 Å². The summed E-state index contributed by atoms with van der Waals surface area (Å²) >= 11 is 0. The first-order chi connectivity index (χ1) is 13.8. The molecule has 0 aliphatic heterocycles. The first-order valence-electron chi connectivity index (χ1n) is 10.1. The van der Waals surface area contributed by atoms with E-state index >= 15 is 0 Å². The van der Waals surface area contributed by atoms with E-state index in [1.54, 1.807) is 7.11 Å². The van der Waals surface area contributed by atoms with Crippen LogP contribution in [-0.2, 0) is 0 Å². The largest absolute Gasteiger partial charge is 0.497 e. The van der Waals surface area contributed by atoms with Crippen molar-refractivity contribution in [1.29, 1.82) is 0 Å². The number of ether oxygens (including phenoxy) is 2. The minimum atomic E-state index is 0.144. The van der Waals surface area contributed by atoms with Crippen LogP contribution in [0.5, 0.6) is 11.5 Å². The third-order valence-electron chi connectivity index (χ3n) is 4.75. The van der Waals surface area contributed by atoms with Crippen molar-refractivity contribution in [2.24, 2.45) is 0 Å². The third kappa shape index (κ3) is 7.89. The number of aliphatic hydroxyl groups is 2. The smallest absolute Gasteiger partial charge is 0.119 e. The quantitative estimate of drug-likeness (QED) is 0.485. The zero-order valence-corrected chi connectivity index (χ0v) is 16.8. The summed E-state index contributed by atoms with van der Waals surface area (Å²) in [4.78, 5) is 2.10. The fraction of sp³-hybridized carbons (Fsp3) is 0.478. The van der Waals surface area contributed by atoms with Crippen LogP contribution in [0.1, 0.15) is 25.7 Å². The maximum Gasteiger partial charge on any atom is 0.119 e. The topological polar surface area (TPSA) is 62.2 Å². The predicted octanol–water partition coefficient (Wildman–Crippen LogP) is 3.59. The van der Waals surface area contributed by atoms with Crippen molar-refractivity contribution >= 4 is 0 Å². The highest BCUT2D eigenvalue weighted by Crippen LogP contribution is 2.24. The molecule has 2 aromatic carbocycles. The van der Waals surface area contributed by atoms with E-state index in [9.17, 15) is 0 Å². The molecule has 28 heavy (non-hydrogen) atoms. The Labute approximate surface area is 168 Å². The van der Waals surface area contributed by atoms with Gasteiger partial charge in [0.15, 0.2) is 0 Å². The van der Waals surface area contributed by atoms with Crippen molar-refractivity contribution in [3.63, 3.8) is 0 Å². The Balaban J connectivity index is 1.62. The molecule has 0 radical (unpaired) electrons. The number of unbranched alkanes of at least 4 members (excludes halogenated alkanes) is 3. The van der Waals surface area contributed by atoms with Crippen molar-refractivity contribution in [3.8, 4) is 22.6 Å². The van der Waals surface area contributed by atoms with E-state index in [0.717, 1.165) is 61.5 Å². The lowest BCUT2D eigenvalue weighted by molar-refractivity contribution is 0.159. The summed E-state index contributed by atoms with van der Waals surface area (Å²) in [5.41, 5.74) is 2.31. The molecule has 5 nitrogen and oxygen atoms in total. The van der Waals surface area contributed by atoms with E-state index in [-0.39, 0.29) is 13.2 Å². The number of nitrogens with zero attached hydrogens (tertiary/aromatic N) is 1. The lowest BCUT2D eigenvalue weighted by Gasteiger charge is -2.19. The summed E-state index contributed by atoms with van der Waals surface area (Å²) in [6.07, 6.45) is 4.36.